The number of carbonyl (C=O) groups excluding carboxylic acids is 1. The van der Waals surface area contributed by atoms with Crippen molar-refractivity contribution < 1.29 is 14.3 Å². The van der Waals surface area contributed by atoms with Crippen molar-refractivity contribution in [2.45, 2.75) is 72.5 Å². The molecule has 18 heavy (non-hydrogen) atoms. The first-order valence-corrected chi connectivity index (χ1v) is 7.16. The van der Waals surface area contributed by atoms with Gasteiger partial charge in [-0.2, -0.15) is 0 Å². The van der Waals surface area contributed by atoms with E-state index in [1.165, 1.54) is 0 Å². The largest absolute Gasteiger partial charge is 0.460 e. The molecule has 106 valence electrons. The van der Waals surface area contributed by atoms with Crippen LogP contribution in [-0.2, 0) is 14.3 Å². The highest BCUT2D eigenvalue weighted by atomic mass is 16.6. The third-order valence-corrected chi connectivity index (χ3v) is 3.93. The van der Waals surface area contributed by atoms with Crippen LogP contribution in [0.15, 0.2) is 0 Å². The van der Waals surface area contributed by atoms with Crippen LogP contribution in [0.4, 0.5) is 0 Å². The third-order valence-electron chi connectivity index (χ3n) is 3.93. The number of carbonyl (C=O) groups is 1. The topological polar surface area (TPSA) is 35.5 Å². The Balaban J connectivity index is 2.33. The SMILES string of the molecule is CCOC(C)C(=O)OC1CCC(C(C)(C)C)CC1. The number of ether oxygens (including phenoxy) is 2. The molecule has 0 aliphatic heterocycles. The lowest BCUT2D eigenvalue weighted by molar-refractivity contribution is -0.163. The molecule has 3 nitrogen and oxygen atoms in total. The minimum absolute atomic E-state index is 0.0963. The Hall–Kier alpha value is -0.570. The molecule has 1 rings (SSSR count). The molecule has 1 saturated carbocycles. The standard InChI is InChI=1S/C15H28O3/c1-6-17-11(2)14(16)18-13-9-7-12(8-10-13)15(3,4)5/h11-13H,6-10H2,1-5H3. The van der Waals surface area contributed by atoms with Gasteiger partial charge in [0.15, 0.2) is 6.10 Å². The van der Waals surface area contributed by atoms with Crippen LogP contribution in [0.5, 0.6) is 0 Å². The summed E-state index contributed by atoms with van der Waals surface area (Å²) >= 11 is 0. The van der Waals surface area contributed by atoms with E-state index in [-0.39, 0.29) is 12.1 Å². The molecule has 1 aliphatic rings. The predicted molar refractivity (Wildman–Crippen MR) is 72.4 cm³/mol. The zero-order valence-corrected chi connectivity index (χ0v) is 12.5. The second kappa shape index (κ2) is 6.55. The van der Waals surface area contributed by atoms with Gasteiger partial charge in [-0.3, -0.25) is 0 Å². The maximum Gasteiger partial charge on any atom is 0.335 e. The first-order valence-electron chi connectivity index (χ1n) is 7.16. The van der Waals surface area contributed by atoms with E-state index < -0.39 is 6.10 Å². The van der Waals surface area contributed by atoms with Crippen molar-refractivity contribution >= 4 is 5.97 Å². The molecule has 1 unspecified atom stereocenters. The fourth-order valence-corrected chi connectivity index (χ4v) is 2.62. The van der Waals surface area contributed by atoms with Gasteiger partial charge in [0.05, 0.1) is 0 Å². The molecular weight excluding hydrogens is 228 g/mol. The summed E-state index contributed by atoms with van der Waals surface area (Å²) in [4.78, 5) is 11.7. The first kappa shape index (κ1) is 15.5. The van der Waals surface area contributed by atoms with Crippen molar-refractivity contribution in [1.29, 1.82) is 0 Å². The van der Waals surface area contributed by atoms with Crippen molar-refractivity contribution in [3.63, 3.8) is 0 Å². The summed E-state index contributed by atoms with van der Waals surface area (Å²) in [5.41, 5.74) is 0.369. The fraction of sp³-hybridized carbons (Fsp3) is 0.933. The molecule has 0 saturated heterocycles. The normalized spacial score (nSPS) is 26.7. The lowest BCUT2D eigenvalue weighted by Gasteiger charge is -2.36. The molecule has 0 N–H and O–H groups in total. The highest BCUT2D eigenvalue weighted by Crippen LogP contribution is 2.38. The van der Waals surface area contributed by atoms with E-state index >= 15 is 0 Å². The first-order chi connectivity index (χ1) is 8.34. The molecule has 0 bridgehead atoms. The molecule has 0 aromatic heterocycles. The molecule has 0 spiro atoms. The summed E-state index contributed by atoms with van der Waals surface area (Å²) in [5, 5.41) is 0. The summed E-state index contributed by atoms with van der Waals surface area (Å²) in [6, 6.07) is 0. The Morgan fingerprint density at radius 1 is 1.22 bits per heavy atom. The van der Waals surface area contributed by atoms with E-state index in [1.807, 2.05) is 6.92 Å². The van der Waals surface area contributed by atoms with Gasteiger partial charge < -0.3 is 9.47 Å². The van der Waals surface area contributed by atoms with E-state index in [1.54, 1.807) is 6.92 Å². The summed E-state index contributed by atoms with van der Waals surface area (Å²) in [5.74, 6) is 0.535. The quantitative estimate of drug-likeness (QED) is 0.721. The molecular formula is C15H28O3. The molecule has 0 heterocycles. The fourth-order valence-electron chi connectivity index (χ4n) is 2.62. The Kier molecular flexibility index (Phi) is 5.64. The summed E-state index contributed by atoms with van der Waals surface area (Å²) in [7, 11) is 0. The molecule has 0 amide bonds. The van der Waals surface area contributed by atoms with Crippen molar-refractivity contribution in [3.05, 3.63) is 0 Å². The second-order valence-corrected chi connectivity index (χ2v) is 6.37. The lowest BCUT2D eigenvalue weighted by Crippen LogP contribution is -2.33. The van der Waals surface area contributed by atoms with Crippen molar-refractivity contribution in [3.8, 4) is 0 Å². The van der Waals surface area contributed by atoms with E-state index in [0.717, 1.165) is 31.6 Å². The van der Waals surface area contributed by atoms with Gasteiger partial charge in [-0.1, -0.05) is 20.8 Å². The van der Waals surface area contributed by atoms with E-state index in [4.69, 9.17) is 9.47 Å². The van der Waals surface area contributed by atoms with Crippen LogP contribution in [0, 0.1) is 11.3 Å². The average Bonchev–Trinajstić information content (AvgIpc) is 2.28. The van der Waals surface area contributed by atoms with Crippen LogP contribution >= 0.6 is 0 Å². The Labute approximate surface area is 111 Å². The van der Waals surface area contributed by atoms with E-state index in [2.05, 4.69) is 20.8 Å². The van der Waals surface area contributed by atoms with Gasteiger partial charge >= 0.3 is 5.97 Å². The van der Waals surface area contributed by atoms with Crippen LogP contribution in [0.1, 0.15) is 60.3 Å². The smallest absolute Gasteiger partial charge is 0.335 e. The second-order valence-electron chi connectivity index (χ2n) is 6.37. The van der Waals surface area contributed by atoms with Crippen LogP contribution in [0.2, 0.25) is 0 Å². The van der Waals surface area contributed by atoms with Crippen molar-refractivity contribution in [1.82, 2.24) is 0 Å². The molecule has 1 aliphatic carbocycles. The Morgan fingerprint density at radius 2 is 1.78 bits per heavy atom. The van der Waals surface area contributed by atoms with Gasteiger partial charge in [-0.15, -0.1) is 0 Å². The number of esters is 1. The number of hydrogen-bond acceptors (Lipinski definition) is 3. The van der Waals surface area contributed by atoms with Crippen LogP contribution in [0.3, 0.4) is 0 Å². The maximum atomic E-state index is 11.7. The maximum absolute atomic E-state index is 11.7. The Bertz CT molecular complexity index is 259. The van der Waals surface area contributed by atoms with Crippen molar-refractivity contribution in [2.24, 2.45) is 11.3 Å². The summed E-state index contributed by atoms with van der Waals surface area (Å²) < 4.78 is 10.7. The van der Waals surface area contributed by atoms with Gasteiger partial charge in [0.2, 0.25) is 0 Å². The van der Waals surface area contributed by atoms with E-state index in [9.17, 15) is 4.79 Å². The average molecular weight is 256 g/mol. The van der Waals surface area contributed by atoms with Crippen molar-refractivity contribution in [2.75, 3.05) is 6.61 Å². The van der Waals surface area contributed by atoms with Gasteiger partial charge in [0.25, 0.3) is 0 Å². The third kappa shape index (κ3) is 4.60. The minimum Gasteiger partial charge on any atom is -0.460 e. The zero-order chi connectivity index (χ0) is 13.8. The minimum atomic E-state index is -0.435. The molecule has 0 aromatic rings. The summed E-state index contributed by atoms with van der Waals surface area (Å²) in [6.07, 6.45) is 3.96. The summed E-state index contributed by atoms with van der Waals surface area (Å²) in [6.45, 7) is 11.1. The van der Waals surface area contributed by atoms with Crippen LogP contribution in [0.25, 0.3) is 0 Å². The Morgan fingerprint density at radius 3 is 2.22 bits per heavy atom. The molecule has 3 heteroatoms. The van der Waals surface area contributed by atoms with Gasteiger partial charge in [-0.25, -0.2) is 4.79 Å². The van der Waals surface area contributed by atoms with Gasteiger partial charge in [0, 0.05) is 6.61 Å². The zero-order valence-electron chi connectivity index (χ0n) is 12.5. The van der Waals surface area contributed by atoms with E-state index in [0.29, 0.717) is 12.0 Å². The monoisotopic (exact) mass is 256 g/mol. The molecule has 0 radical (unpaired) electrons. The highest BCUT2D eigenvalue weighted by molar-refractivity contribution is 5.74. The molecule has 1 fully saturated rings. The van der Waals surface area contributed by atoms with Gasteiger partial charge in [-0.05, 0) is 50.9 Å². The highest BCUT2D eigenvalue weighted by Gasteiger charge is 2.31. The predicted octanol–water partition coefficient (Wildman–Crippen LogP) is 3.56. The van der Waals surface area contributed by atoms with Gasteiger partial charge in [0.1, 0.15) is 6.10 Å². The molecule has 0 aromatic carbocycles. The lowest BCUT2D eigenvalue weighted by atomic mass is 9.72. The molecule has 1 atom stereocenters. The van der Waals surface area contributed by atoms with Crippen LogP contribution in [-0.4, -0.2) is 24.8 Å². The number of rotatable bonds is 4. The van der Waals surface area contributed by atoms with Crippen LogP contribution < -0.4 is 0 Å². The number of hydrogen-bond donors (Lipinski definition) is 0.